The quantitative estimate of drug-likeness (QED) is 0.638. The molecule has 3 aliphatic rings. The van der Waals surface area contributed by atoms with E-state index in [0.717, 1.165) is 29.9 Å². The van der Waals surface area contributed by atoms with Gasteiger partial charge in [-0.15, -0.1) is 0 Å². The average molecular weight is 468 g/mol. The van der Waals surface area contributed by atoms with E-state index in [4.69, 9.17) is 0 Å². The van der Waals surface area contributed by atoms with Crippen molar-refractivity contribution in [2.24, 2.45) is 5.92 Å². The summed E-state index contributed by atoms with van der Waals surface area (Å²) >= 11 is 0. The summed E-state index contributed by atoms with van der Waals surface area (Å²) in [6.45, 7) is 2.68. The van der Waals surface area contributed by atoms with Crippen LogP contribution in [0.2, 0.25) is 0 Å². The smallest absolute Gasteiger partial charge is 0.244 e. The van der Waals surface area contributed by atoms with Crippen molar-refractivity contribution in [2.75, 3.05) is 17.2 Å². The highest BCUT2D eigenvalue weighted by molar-refractivity contribution is 7.92. The number of aromatic nitrogens is 2. The minimum Gasteiger partial charge on any atom is -0.343 e. The van der Waals surface area contributed by atoms with Crippen molar-refractivity contribution in [3.63, 3.8) is 0 Å². The SMILES string of the molecule is Cc1cc(N2C[C@H](S(=O)(=O)CC3CC3)C[C@H]2C(=O)NC2(C#N)CC2)n(Cc2ccccc2)n1. The summed E-state index contributed by atoms with van der Waals surface area (Å²) in [6, 6.07) is 13.4. The molecule has 0 unspecified atom stereocenters. The van der Waals surface area contributed by atoms with Gasteiger partial charge in [-0.25, -0.2) is 13.1 Å². The summed E-state index contributed by atoms with van der Waals surface area (Å²) in [5.74, 6) is 0.922. The second-order valence-electron chi connectivity index (χ2n) is 9.77. The molecule has 0 spiro atoms. The Morgan fingerprint density at radius 2 is 2.00 bits per heavy atom. The molecule has 1 saturated heterocycles. The molecule has 174 valence electrons. The maximum absolute atomic E-state index is 13.3. The largest absolute Gasteiger partial charge is 0.343 e. The third kappa shape index (κ3) is 4.62. The molecule has 8 nitrogen and oxygen atoms in total. The van der Waals surface area contributed by atoms with Crippen LogP contribution in [0.3, 0.4) is 0 Å². The third-order valence-electron chi connectivity index (χ3n) is 6.91. The molecule has 9 heteroatoms. The first-order valence-electron chi connectivity index (χ1n) is 11.6. The molecule has 5 rings (SSSR count). The Bertz CT molecular complexity index is 1190. The monoisotopic (exact) mass is 467 g/mol. The standard InChI is InChI=1S/C24H29N5O3S/c1-17-11-22(29(27-17)13-18-5-3-2-4-6-18)28-14-20(33(31,32)15-19-7-8-19)12-21(28)23(30)26-24(16-25)9-10-24/h2-6,11,19-21H,7-10,12-15H2,1H3,(H,26,30)/t20-,21+/m1/s1. The lowest BCUT2D eigenvalue weighted by atomic mass is 10.1. The van der Waals surface area contributed by atoms with E-state index in [1.807, 2.05) is 52.9 Å². The number of anilines is 1. The Kier molecular flexibility index (Phi) is 5.44. The van der Waals surface area contributed by atoms with Crippen molar-refractivity contribution in [1.82, 2.24) is 15.1 Å². The Hall–Kier alpha value is -2.86. The summed E-state index contributed by atoms with van der Waals surface area (Å²) in [5, 5.41) is 16.4. The number of amides is 1. The average Bonchev–Trinajstić information content (AvgIpc) is 3.67. The molecule has 0 radical (unpaired) electrons. The maximum Gasteiger partial charge on any atom is 0.244 e. The van der Waals surface area contributed by atoms with Gasteiger partial charge in [0.05, 0.1) is 29.3 Å². The van der Waals surface area contributed by atoms with Gasteiger partial charge in [-0.05, 0) is 50.5 Å². The van der Waals surface area contributed by atoms with E-state index in [0.29, 0.717) is 19.4 Å². The number of nitrogens with zero attached hydrogens (tertiary/aromatic N) is 4. The first kappa shape index (κ1) is 22.0. The van der Waals surface area contributed by atoms with Crippen LogP contribution in [-0.4, -0.2) is 53.2 Å². The van der Waals surface area contributed by atoms with Crippen molar-refractivity contribution in [1.29, 1.82) is 5.26 Å². The van der Waals surface area contributed by atoms with E-state index in [9.17, 15) is 18.5 Å². The highest BCUT2D eigenvalue weighted by Gasteiger charge is 2.50. The zero-order valence-electron chi connectivity index (χ0n) is 18.8. The van der Waals surface area contributed by atoms with Crippen LogP contribution in [-0.2, 0) is 21.2 Å². The minimum absolute atomic E-state index is 0.199. The van der Waals surface area contributed by atoms with Crippen molar-refractivity contribution < 1.29 is 13.2 Å². The fourth-order valence-corrected chi connectivity index (χ4v) is 6.78. The van der Waals surface area contributed by atoms with Crippen molar-refractivity contribution in [3.05, 3.63) is 47.7 Å². The number of aryl methyl sites for hydroxylation is 1. The third-order valence-corrected chi connectivity index (χ3v) is 9.21. The van der Waals surface area contributed by atoms with E-state index in [1.165, 1.54) is 0 Å². The van der Waals surface area contributed by atoms with Gasteiger partial charge in [0.2, 0.25) is 5.91 Å². The molecule has 2 aromatic rings. The van der Waals surface area contributed by atoms with Gasteiger partial charge in [-0.1, -0.05) is 30.3 Å². The Balaban J connectivity index is 1.45. The molecule has 2 aliphatic carbocycles. The van der Waals surface area contributed by atoms with Gasteiger partial charge < -0.3 is 10.2 Å². The van der Waals surface area contributed by atoms with Gasteiger partial charge in [0, 0.05) is 12.6 Å². The normalized spacial score (nSPS) is 23.8. The Labute approximate surface area is 194 Å². The maximum atomic E-state index is 13.3. The fraction of sp³-hybridized carbons (Fsp3) is 0.542. The number of carbonyl (C=O) groups excluding carboxylic acids is 1. The number of benzene rings is 1. The van der Waals surface area contributed by atoms with Crippen molar-refractivity contribution in [2.45, 2.75) is 62.4 Å². The van der Waals surface area contributed by atoms with Crippen LogP contribution in [0.4, 0.5) is 5.82 Å². The molecule has 1 amide bonds. The number of hydrogen-bond donors (Lipinski definition) is 1. The van der Waals surface area contributed by atoms with E-state index < -0.39 is 26.7 Å². The van der Waals surface area contributed by atoms with Gasteiger partial charge in [0.25, 0.3) is 0 Å². The van der Waals surface area contributed by atoms with Crippen LogP contribution >= 0.6 is 0 Å². The molecular weight excluding hydrogens is 438 g/mol. The number of sulfone groups is 1. The number of nitriles is 1. The first-order valence-corrected chi connectivity index (χ1v) is 13.3. The molecule has 3 fully saturated rings. The fourth-order valence-electron chi connectivity index (χ4n) is 4.65. The van der Waals surface area contributed by atoms with E-state index >= 15 is 0 Å². The van der Waals surface area contributed by atoms with Crippen LogP contribution < -0.4 is 10.2 Å². The van der Waals surface area contributed by atoms with E-state index in [2.05, 4.69) is 16.5 Å². The molecule has 1 aromatic heterocycles. The molecule has 1 N–H and O–H groups in total. The summed E-state index contributed by atoms with van der Waals surface area (Å²) in [4.78, 5) is 15.2. The lowest BCUT2D eigenvalue weighted by Crippen LogP contribution is -2.48. The number of rotatable bonds is 8. The highest BCUT2D eigenvalue weighted by atomic mass is 32.2. The highest BCUT2D eigenvalue weighted by Crippen LogP contribution is 2.38. The summed E-state index contributed by atoms with van der Waals surface area (Å²) in [6.07, 6.45) is 3.44. The van der Waals surface area contributed by atoms with Crippen LogP contribution in [0.15, 0.2) is 36.4 Å². The Morgan fingerprint density at radius 3 is 2.64 bits per heavy atom. The van der Waals surface area contributed by atoms with Crippen molar-refractivity contribution >= 4 is 21.6 Å². The topological polar surface area (TPSA) is 108 Å². The number of nitrogens with one attached hydrogen (secondary N) is 1. The number of carbonyl (C=O) groups is 1. The molecule has 1 aromatic carbocycles. The zero-order valence-corrected chi connectivity index (χ0v) is 19.6. The van der Waals surface area contributed by atoms with Gasteiger partial charge in [-0.3, -0.25) is 4.79 Å². The molecule has 33 heavy (non-hydrogen) atoms. The lowest BCUT2D eigenvalue weighted by Gasteiger charge is -2.27. The lowest BCUT2D eigenvalue weighted by molar-refractivity contribution is -0.122. The second kappa shape index (κ2) is 8.17. The molecular formula is C24H29N5O3S. The number of hydrogen-bond acceptors (Lipinski definition) is 6. The molecule has 0 bridgehead atoms. The molecule has 2 saturated carbocycles. The summed E-state index contributed by atoms with van der Waals surface area (Å²) in [7, 11) is -3.32. The molecule has 2 heterocycles. The van der Waals surface area contributed by atoms with Gasteiger partial charge in [-0.2, -0.15) is 10.4 Å². The zero-order chi connectivity index (χ0) is 23.2. The first-order chi connectivity index (χ1) is 15.8. The van der Waals surface area contributed by atoms with Gasteiger partial charge in [0.1, 0.15) is 17.4 Å². The summed E-state index contributed by atoms with van der Waals surface area (Å²) < 4.78 is 28.1. The van der Waals surface area contributed by atoms with Crippen molar-refractivity contribution in [3.8, 4) is 6.07 Å². The minimum atomic E-state index is -3.32. The second-order valence-corrected chi connectivity index (χ2v) is 12.1. The Morgan fingerprint density at radius 1 is 1.27 bits per heavy atom. The van der Waals surface area contributed by atoms with Crippen LogP contribution in [0, 0.1) is 24.2 Å². The predicted octanol–water partition coefficient (Wildman–Crippen LogP) is 2.18. The predicted molar refractivity (Wildman–Crippen MR) is 124 cm³/mol. The molecule has 2 atom stereocenters. The van der Waals surface area contributed by atoms with E-state index in [1.54, 1.807) is 0 Å². The van der Waals surface area contributed by atoms with Gasteiger partial charge in [0.15, 0.2) is 9.84 Å². The van der Waals surface area contributed by atoms with Gasteiger partial charge >= 0.3 is 0 Å². The van der Waals surface area contributed by atoms with Crippen LogP contribution in [0.5, 0.6) is 0 Å². The van der Waals surface area contributed by atoms with E-state index in [-0.39, 0.29) is 30.5 Å². The van der Waals surface area contributed by atoms with Crippen LogP contribution in [0.1, 0.15) is 43.4 Å². The molecule has 1 aliphatic heterocycles. The van der Waals surface area contributed by atoms with Crippen LogP contribution in [0.25, 0.3) is 0 Å². The summed E-state index contributed by atoms with van der Waals surface area (Å²) in [5.41, 5.74) is 1.08.